The van der Waals surface area contributed by atoms with Crippen LogP contribution in [0.3, 0.4) is 0 Å². The van der Waals surface area contributed by atoms with Crippen molar-refractivity contribution in [3.8, 4) is 0 Å². The fourth-order valence-corrected chi connectivity index (χ4v) is 2.89. The Hall–Kier alpha value is -0.610. The summed E-state index contributed by atoms with van der Waals surface area (Å²) in [7, 11) is 1.69. The van der Waals surface area contributed by atoms with Crippen LogP contribution in [0.5, 0.6) is 0 Å². The minimum atomic E-state index is -0.0689. The summed E-state index contributed by atoms with van der Waals surface area (Å²) < 4.78 is 0. The highest BCUT2D eigenvalue weighted by molar-refractivity contribution is 5.80. The third-order valence-corrected chi connectivity index (χ3v) is 3.71. The number of amides is 1. The molecular formula is C11H21N3O. The van der Waals surface area contributed by atoms with E-state index in [-0.39, 0.29) is 11.9 Å². The van der Waals surface area contributed by atoms with Crippen LogP contribution in [0.2, 0.25) is 0 Å². The molecule has 0 aromatic heterocycles. The van der Waals surface area contributed by atoms with Gasteiger partial charge in [0.05, 0.1) is 6.04 Å². The Balaban J connectivity index is 1.87. The molecule has 0 aromatic rings. The maximum Gasteiger partial charge on any atom is 0.236 e. The Morgan fingerprint density at radius 3 is 2.93 bits per heavy atom. The van der Waals surface area contributed by atoms with Gasteiger partial charge >= 0.3 is 0 Å². The van der Waals surface area contributed by atoms with Crippen molar-refractivity contribution in [3.63, 3.8) is 0 Å². The van der Waals surface area contributed by atoms with Crippen molar-refractivity contribution in [2.45, 2.75) is 44.3 Å². The summed E-state index contributed by atoms with van der Waals surface area (Å²) in [4.78, 5) is 14.0. The fraction of sp³-hybridized carbons (Fsp3) is 0.909. The maximum absolute atomic E-state index is 11.4. The van der Waals surface area contributed by atoms with E-state index in [4.69, 9.17) is 0 Å². The van der Waals surface area contributed by atoms with Crippen molar-refractivity contribution in [2.24, 2.45) is 0 Å². The zero-order valence-electron chi connectivity index (χ0n) is 9.62. The van der Waals surface area contributed by atoms with Gasteiger partial charge in [0.25, 0.3) is 0 Å². The van der Waals surface area contributed by atoms with Gasteiger partial charge in [-0.25, -0.2) is 0 Å². The van der Waals surface area contributed by atoms with Gasteiger partial charge in [-0.2, -0.15) is 0 Å². The lowest BCUT2D eigenvalue weighted by molar-refractivity contribution is -0.122. The van der Waals surface area contributed by atoms with Crippen LogP contribution in [-0.2, 0) is 4.79 Å². The van der Waals surface area contributed by atoms with Gasteiger partial charge < -0.3 is 10.6 Å². The number of hydrogen-bond donors (Lipinski definition) is 2. The number of hydrogen-bond acceptors (Lipinski definition) is 3. The lowest BCUT2D eigenvalue weighted by atomic mass is 10.1. The van der Waals surface area contributed by atoms with Crippen LogP contribution in [-0.4, -0.2) is 49.1 Å². The number of rotatable bonds is 3. The van der Waals surface area contributed by atoms with E-state index in [2.05, 4.69) is 15.5 Å². The molecule has 2 rings (SSSR count). The highest BCUT2D eigenvalue weighted by Gasteiger charge is 2.37. The molecule has 2 aliphatic heterocycles. The molecule has 2 N–H and O–H groups in total. The molecule has 15 heavy (non-hydrogen) atoms. The second-order valence-corrected chi connectivity index (χ2v) is 4.64. The molecule has 2 saturated heterocycles. The summed E-state index contributed by atoms with van der Waals surface area (Å²) in [5, 5.41) is 6.13. The number of carbonyl (C=O) groups is 1. The summed E-state index contributed by atoms with van der Waals surface area (Å²) in [5.74, 6) is 0.0893. The second kappa shape index (κ2) is 4.49. The Bertz CT molecular complexity index is 244. The van der Waals surface area contributed by atoms with E-state index in [0.717, 1.165) is 0 Å². The van der Waals surface area contributed by atoms with E-state index in [1.807, 2.05) is 6.92 Å². The normalized spacial score (nSPS) is 32.7. The molecule has 2 fully saturated rings. The van der Waals surface area contributed by atoms with E-state index in [1.54, 1.807) is 7.05 Å². The molecule has 4 heteroatoms. The highest BCUT2D eigenvalue weighted by atomic mass is 16.2. The van der Waals surface area contributed by atoms with Crippen LogP contribution in [0.25, 0.3) is 0 Å². The first-order valence-electron chi connectivity index (χ1n) is 5.94. The predicted octanol–water partition coefficient (Wildman–Crippen LogP) is -0.0528. The summed E-state index contributed by atoms with van der Waals surface area (Å²) in [6.45, 7) is 4.39. The third-order valence-electron chi connectivity index (χ3n) is 3.71. The van der Waals surface area contributed by atoms with Gasteiger partial charge in [-0.05, 0) is 32.7 Å². The number of nitrogens with one attached hydrogen (secondary N) is 2. The van der Waals surface area contributed by atoms with Crippen molar-refractivity contribution >= 4 is 5.91 Å². The quantitative estimate of drug-likeness (QED) is 0.688. The first kappa shape index (κ1) is 10.9. The van der Waals surface area contributed by atoms with Gasteiger partial charge in [0.2, 0.25) is 5.91 Å². The molecule has 0 radical (unpaired) electrons. The number of carbonyl (C=O) groups excluding carboxylic acids is 1. The van der Waals surface area contributed by atoms with Crippen LogP contribution in [0.15, 0.2) is 0 Å². The lowest BCUT2D eigenvalue weighted by Gasteiger charge is -2.24. The van der Waals surface area contributed by atoms with Crippen molar-refractivity contribution in [2.75, 3.05) is 20.1 Å². The standard InChI is InChI=1S/C11H21N3O/c1-8(11(15)12-2)13-9-5-7-14-6-3-4-10(9)14/h8-10,13H,3-7H2,1-2H3,(H,12,15). The molecule has 0 saturated carbocycles. The number of nitrogens with zero attached hydrogens (tertiary/aromatic N) is 1. The predicted molar refractivity (Wildman–Crippen MR) is 59.7 cm³/mol. The Morgan fingerprint density at radius 2 is 2.20 bits per heavy atom. The van der Waals surface area contributed by atoms with E-state index in [1.165, 1.54) is 32.4 Å². The van der Waals surface area contributed by atoms with Crippen molar-refractivity contribution in [1.82, 2.24) is 15.5 Å². The topological polar surface area (TPSA) is 44.4 Å². The molecule has 0 aliphatic carbocycles. The Labute approximate surface area is 91.4 Å². The second-order valence-electron chi connectivity index (χ2n) is 4.64. The van der Waals surface area contributed by atoms with Crippen LogP contribution in [0.1, 0.15) is 26.2 Å². The molecule has 0 aromatic carbocycles. The first-order chi connectivity index (χ1) is 7.22. The van der Waals surface area contributed by atoms with E-state index >= 15 is 0 Å². The minimum Gasteiger partial charge on any atom is -0.358 e. The largest absolute Gasteiger partial charge is 0.358 e. The van der Waals surface area contributed by atoms with Gasteiger partial charge in [0.1, 0.15) is 0 Å². The van der Waals surface area contributed by atoms with Crippen LogP contribution >= 0.6 is 0 Å². The van der Waals surface area contributed by atoms with Crippen LogP contribution in [0, 0.1) is 0 Å². The summed E-state index contributed by atoms with van der Waals surface area (Å²) in [6, 6.07) is 1.12. The van der Waals surface area contributed by atoms with Gasteiger partial charge in [0.15, 0.2) is 0 Å². The molecule has 2 aliphatic rings. The monoisotopic (exact) mass is 211 g/mol. The fourth-order valence-electron chi connectivity index (χ4n) is 2.89. The van der Waals surface area contributed by atoms with Crippen molar-refractivity contribution < 1.29 is 4.79 Å². The summed E-state index contributed by atoms with van der Waals surface area (Å²) in [5.41, 5.74) is 0. The molecule has 2 heterocycles. The van der Waals surface area contributed by atoms with E-state index < -0.39 is 0 Å². The zero-order valence-corrected chi connectivity index (χ0v) is 9.62. The number of fused-ring (bicyclic) bond motifs is 1. The average molecular weight is 211 g/mol. The Morgan fingerprint density at radius 1 is 1.40 bits per heavy atom. The summed E-state index contributed by atoms with van der Waals surface area (Å²) >= 11 is 0. The Kier molecular flexibility index (Phi) is 3.26. The van der Waals surface area contributed by atoms with E-state index in [0.29, 0.717) is 12.1 Å². The number of likely N-dealkylation sites (N-methyl/N-ethyl adjacent to an activating group) is 1. The smallest absolute Gasteiger partial charge is 0.236 e. The van der Waals surface area contributed by atoms with Crippen LogP contribution in [0.4, 0.5) is 0 Å². The van der Waals surface area contributed by atoms with Gasteiger partial charge in [-0.1, -0.05) is 0 Å². The first-order valence-corrected chi connectivity index (χ1v) is 5.94. The van der Waals surface area contributed by atoms with Gasteiger partial charge in [-0.15, -0.1) is 0 Å². The highest BCUT2D eigenvalue weighted by Crippen LogP contribution is 2.28. The van der Waals surface area contributed by atoms with Crippen molar-refractivity contribution in [3.05, 3.63) is 0 Å². The lowest BCUT2D eigenvalue weighted by Crippen LogP contribution is -2.49. The average Bonchev–Trinajstić information content (AvgIpc) is 2.81. The van der Waals surface area contributed by atoms with Gasteiger partial charge in [0, 0.05) is 25.7 Å². The molecule has 0 bridgehead atoms. The third kappa shape index (κ3) is 2.16. The molecule has 3 unspecified atom stereocenters. The molecule has 0 spiro atoms. The minimum absolute atomic E-state index is 0.0689. The molecule has 86 valence electrons. The maximum atomic E-state index is 11.4. The van der Waals surface area contributed by atoms with Gasteiger partial charge in [-0.3, -0.25) is 9.69 Å². The molecule has 3 atom stereocenters. The summed E-state index contributed by atoms with van der Waals surface area (Å²) in [6.07, 6.45) is 3.79. The van der Waals surface area contributed by atoms with Crippen molar-refractivity contribution in [1.29, 1.82) is 0 Å². The zero-order chi connectivity index (χ0) is 10.8. The molecule has 1 amide bonds. The van der Waals surface area contributed by atoms with E-state index in [9.17, 15) is 4.79 Å². The van der Waals surface area contributed by atoms with Crippen LogP contribution < -0.4 is 10.6 Å². The molecule has 4 nitrogen and oxygen atoms in total. The molecular weight excluding hydrogens is 190 g/mol. The SMILES string of the molecule is CNC(=O)C(C)NC1CCN2CCCC12.